The van der Waals surface area contributed by atoms with Gasteiger partial charge in [-0.3, -0.25) is 9.59 Å². The molecule has 1 fully saturated rings. The summed E-state index contributed by atoms with van der Waals surface area (Å²) >= 11 is 5.79. The molecule has 5 nitrogen and oxygen atoms in total. The number of hydrogen-bond donors (Lipinski definition) is 3. The lowest BCUT2D eigenvalue weighted by atomic mass is 9.82. The molecule has 0 saturated heterocycles. The van der Waals surface area contributed by atoms with E-state index in [2.05, 4.69) is 10.6 Å². The molecule has 0 aliphatic heterocycles. The quantitative estimate of drug-likeness (QED) is 0.698. The third kappa shape index (κ3) is 5.52. The molecular formula is C17H24ClN3O2. The fraction of sp³-hybridized carbons (Fsp3) is 0.529. The average Bonchev–Trinajstić information content (AvgIpc) is 2.54. The summed E-state index contributed by atoms with van der Waals surface area (Å²) in [6.45, 7) is 0.464. The van der Waals surface area contributed by atoms with Crippen molar-refractivity contribution in [2.75, 3.05) is 11.9 Å². The molecule has 126 valence electrons. The van der Waals surface area contributed by atoms with Gasteiger partial charge in [0.25, 0.3) is 0 Å². The van der Waals surface area contributed by atoms with Crippen molar-refractivity contribution < 1.29 is 9.59 Å². The third-order valence-corrected chi connectivity index (χ3v) is 4.44. The first kappa shape index (κ1) is 17.8. The van der Waals surface area contributed by atoms with Gasteiger partial charge in [-0.25, -0.2) is 0 Å². The minimum atomic E-state index is -0.718. The van der Waals surface area contributed by atoms with Gasteiger partial charge in [-0.15, -0.1) is 0 Å². The number of carbonyl (C=O) groups excluding carboxylic acids is 2. The summed E-state index contributed by atoms with van der Waals surface area (Å²) in [6.07, 6.45) is 5.59. The topological polar surface area (TPSA) is 84.2 Å². The zero-order valence-corrected chi connectivity index (χ0v) is 14.0. The minimum absolute atomic E-state index is 0.0818. The van der Waals surface area contributed by atoms with Crippen LogP contribution in [0.1, 0.15) is 44.9 Å². The molecule has 0 radical (unpaired) electrons. The molecule has 1 aromatic rings. The maximum absolute atomic E-state index is 12.1. The second kappa shape index (κ2) is 8.31. The van der Waals surface area contributed by atoms with Gasteiger partial charge in [-0.05, 0) is 43.5 Å². The van der Waals surface area contributed by atoms with Crippen LogP contribution in [0.3, 0.4) is 0 Å². The Kier molecular flexibility index (Phi) is 6.42. The minimum Gasteiger partial charge on any atom is -0.354 e. The molecule has 1 aliphatic carbocycles. The molecule has 2 rings (SSSR count). The standard InChI is InChI=1S/C17H24ClN3O2/c18-13-6-8-14(9-7-13)21-15(22)5-4-12-20-16(23)17(19)10-2-1-3-11-17/h6-9H,1-5,10-12,19H2,(H,20,23)(H,21,22). The molecule has 1 saturated carbocycles. The Bertz CT molecular complexity index is 539. The Morgan fingerprint density at radius 1 is 1.13 bits per heavy atom. The van der Waals surface area contributed by atoms with Crippen LogP contribution in [0.4, 0.5) is 5.69 Å². The van der Waals surface area contributed by atoms with E-state index in [1.54, 1.807) is 24.3 Å². The lowest BCUT2D eigenvalue weighted by Gasteiger charge is -2.31. The zero-order chi connectivity index (χ0) is 16.7. The molecule has 0 atom stereocenters. The molecule has 0 aromatic heterocycles. The summed E-state index contributed by atoms with van der Waals surface area (Å²) in [5, 5.41) is 6.28. The first-order valence-corrected chi connectivity index (χ1v) is 8.50. The number of nitrogens with two attached hydrogens (primary N) is 1. The van der Waals surface area contributed by atoms with Gasteiger partial charge in [0.2, 0.25) is 11.8 Å². The number of halogens is 1. The first-order valence-electron chi connectivity index (χ1n) is 8.12. The van der Waals surface area contributed by atoms with Crippen LogP contribution >= 0.6 is 11.6 Å². The highest BCUT2D eigenvalue weighted by atomic mass is 35.5. The molecule has 4 N–H and O–H groups in total. The Balaban J connectivity index is 1.65. The molecule has 6 heteroatoms. The van der Waals surface area contributed by atoms with Gasteiger partial charge < -0.3 is 16.4 Å². The van der Waals surface area contributed by atoms with E-state index in [1.165, 1.54) is 0 Å². The van der Waals surface area contributed by atoms with Crippen LogP contribution in [0.5, 0.6) is 0 Å². The number of amides is 2. The summed E-state index contributed by atoms with van der Waals surface area (Å²) in [5.41, 5.74) is 6.15. The van der Waals surface area contributed by atoms with Crippen molar-refractivity contribution in [3.63, 3.8) is 0 Å². The highest BCUT2D eigenvalue weighted by Gasteiger charge is 2.34. The summed E-state index contributed by atoms with van der Waals surface area (Å²) in [6, 6.07) is 6.96. The fourth-order valence-electron chi connectivity index (χ4n) is 2.79. The lowest BCUT2D eigenvalue weighted by molar-refractivity contribution is -0.127. The fourth-order valence-corrected chi connectivity index (χ4v) is 2.92. The molecule has 0 spiro atoms. The highest BCUT2D eigenvalue weighted by Crippen LogP contribution is 2.25. The van der Waals surface area contributed by atoms with Gasteiger partial charge in [-0.2, -0.15) is 0 Å². The van der Waals surface area contributed by atoms with Crippen LogP contribution < -0.4 is 16.4 Å². The summed E-state index contributed by atoms with van der Waals surface area (Å²) < 4.78 is 0. The Morgan fingerprint density at radius 2 is 1.78 bits per heavy atom. The number of benzene rings is 1. The molecule has 0 bridgehead atoms. The number of hydrogen-bond acceptors (Lipinski definition) is 3. The van der Waals surface area contributed by atoms with E-state index in [1.807, 2.05) is 0 Å². The predicted molar refractivity (Wildman–Crippen MR) is 92.3 cm³/mol. The first-order chi connectivity index (χ1) is 11.0. The monoisotopic (exact) mass is 337 g/mol. The highest BCUT2D eigenvalue weighted by molar-refractivity contribution is 6.30. The molecule has 0 heterocycles. The lowest BCUT2D eigenvalue weighted by Crippen LogP contribution is -2.55. The number of rotatable bonds is 6. The van der Waals surface area contributed by atoms with E-state index in [9.17, 15) is 9.59 Å². The van der Waals surface area contributed by atoms with Gasteiger partial charge in [-0.1, -0.05) is 30.9 Å². The van der Waals surface area contributed by atoms with Crippen LogP contribution in [0.15, 0.2) is 24.3 Å². The molecule has 2 amide bonds. The SMILES string of the molecule is NC1(C(=O)NCCCC(=O)Nc2ccc(Cl)cc2)CCCCC1. The van der Waals surface area contributed by atoms with E-state index in [-0.39, 0.29) is 11.8 Å². The molecule has 0 unspecified atom stereocenters. The van der Waals surface area contributed by atoms with Crippen molar-refractivity contribution >= 4 is 29.1 Å². The van der Waals surface area contributed by atoms with Gasteiger partial charge in [0.15, 0.2) is 0 Å². The predicted octanol–water partition coefficient (Wildman–Crippen LogP) is 2.84. The van der Waals surface area contributed by atoms with E-state index < -0.39 is 5.54 Å². The average molecular weight is 338 g/mol. The van der Waals surface area contributed by atoms with Crippen molar-refractivity contribution in [2.24, 2.45) is 5.73 Å². The van der Waals surface area contributed by atoms with Crippen LogP contribution in [0, 0.1) is 0 Å². The third-order valence-electron chi connectivity index (χ3n) is 4.19. The van der Waals surface area contributed by atoms with E-state index in [0.29, 0.717) is 30.1 Å². The van der Waals surface area contributed by atoms with Gasteiger partial charge in [0.1, 0.15) is 0 Å². The maximum atomic E-state index is 12.1. The van der Waals surface area contributed by atoms with Crippen molar-refractivity contribution in [3.05, 3.63) is 29.3 Å². The number of carbonyl (C=O) groups is 2. The van der Waals surface area contributed by atoms with Crippen LogP contribution in [-0.4, -0.2) is 23.9 Å². The van der Waals surface area contributed by atoms with Gasteiger partial charge >= 0.3 is 0 Å². The van der Waals surface area contributed by atoms with Crippen molar-refractivity contribution in [2.45, 2.75) is 50.5 Å². The number of anilines is 1. The molecule has 1 aromatic carbocycles. The van der Waals surface area contributed by atoms with Crippen LogP contribution in [0.2, 0.25) is 5.02 Å². The van der Waals surface area contributed by atoms with Crippen molar-refractivity contribution in [3.8, 4) is 0 Å². The summed E-state index contributed by atoms with van der Waals surface area (Å²) in [4.78, 5) is 24.0. The summed E-state index contributed by atoms with van der Waals surface area (Å²) in [5.74, 6) is -0.169. The van der Waals surface area contributed by atoms with Crippen molar-refractivity contribution in [1.82, 2.24) is 5.32 Å². The largest absolute Gasteiger partial charge is 0.354 e. The van der Waals surface area contributed by atoms with E-state index >= 15 is 0 Å². The molecular weight excluding hydrogens is 314 g/mol. The Morgan fingerprint density at radius 3 is 2.43 bits per heavy atom. The van der Waals surface area contributed by atoms with E-state index in [4.69, 9.17) is 17.3 Å². The zero-order valence-electron chi connectivity index (χ0n) is 13.2. The molecule has 1 aliphatic rings. The Hall–Kier alpha value is -1.59. The molecule has 23 heavy (non-hydrogen) atoms. The van der Waals surface area contributed by atoms with Crippen LogP contribution in [-0.2, 0) is 9.59 Å². The van der Waals surface area contributed by atoms with Gasteiger partial charge in [0, 0.05) is 23.7 Å². The second-order valence-electron chi connectivity index (χ2n) is 6.13. The summed E-state index contributed by atoms with van der Waals surface area (Å²) in [7, 11) is 0. The second-order valence-corrected chi connectivity index (χ2v) is 6.57. The van der Waals surface area contributed by atoms with Gasteiger partial charge in [0.05, 0.1) is 5.54 Å². The smallest absolute Gasteiger partial charge is 0.240 e. The van der Waals surface area contributed by atoms with Crippen LogP contribution in [0.25, 0.3) is 0 Å². The normalized spacial score (nSPS) is 16.6. The number of nitrogens with one attached hydrogen (secondary N) is 2. The Labute approximate surface area is 142 Å². The van der Waals surface area contributed by atoms with E-state index in [0.717, 1.165) is 32.1 Å². The maximum Gasteiger partial charge on any atom is 0.240 e. The van der Waals surface area contributed by atoms with Crippen molar-refractivity contribution in [1.29, 1.82) is 0 Å².